The molecule has 0 unspecified atom stereocenters. The number of aromatic nitrogens is 1. The lowest BCUT2D eigenvalue weighted by molar-refractivity contribution is 0.989. The van der Waals surface area contributed by atoms with E-state index in [1.54, 1.807) is 0 Å². The van der Waals surface area contributed by atoms with E-state index < -0.39 is 0 Å². The largest absolute Gasteiger partial charge is 0.321 e. The van der Waals surface area contributed by atoms with Crippen LogP contribution in [0.4, 0.5) is 22.7 Å². The molecule has 0 fully saturated rings. The van der Waals surface area contributed by atoms with Gasteiger partial charge in [0, 0.05) is 32.9 Å². The molecule has 0 N–H and O–H groups in total. The van der Waals surface area contributed by atoms with E-state index in [-0.39, 0.29) is 0 Å². The second-order valence-corrected chi connectivity index (χ2v) is 10.1. The molecule has 8 rings (SSSR count). The Morgan fingerprint density at radius 1 is 0.500 bits per heavy atom. The van der Waals surface area contributed by atoms with E-state index >= 15 is 0 Å². The van der Waals surface area contributed by atoms with Gasteiger partial charge in [0.1, 0.15) is 6.67 Å². The van der Waals surface area contributed by atoms with Gasteiger partial charge in [0.2, 0.25) is 0 Å². The predicted molar refractivity (Wildman–Crippen MR) is 153 cm³/mol. The van der Waals surface area contributed by atoms with Crippen LogP contribution in [-0.2, 0) is 0 Å². The number of benzene rings is 5. The van der Waals surface area contributed by atoms with Gasteiger partial charge in [-0.1, -0.05) is 54.6 Å². The van der Waals surface area contributed by atoms with Crippen molar-refractivity contribution in [2.45, 2.75) is 13.8 Å². The van der Waals surface area contributed by atoms with Crippen LogP contribution < -0.4 is 9.80 Å². The molecule has 7 aromatic rings. The molecule has 0 spiro atoms. The number of aryl methyl sites for hydroxylation is 2. The summed E-state index contributed by atoms with van der Waals surface area (Å²) in [5, 5.41) is 5.27. The molecule has 1 aliphatic rings. The van der Waals surface area contributed by atoms with Gasteiger partial charge in [-0.3, -0.25) is 0 Å². The van der Waals surface area contributed by atoms with E-state index in [1.807, 2.05) is 0 Å². The van der Waals surface area contributed by atoms with Gasteiger partial charge in [-0.15, -0.1) is 0 Å². The van der Waals surface area contributed by atoms with E-state index in [2.05, 4.69) is 131 Å². The number of rotatable bonds is 2. The van der Waals surface area contributed by atoms with Crippen molar-refractivity contribution in [2.24, 2.45) is 0 Å². The Morgan fingerprint density at radius 3 is 1.89 bits per heavy atom. The lowest BCUT2D eigenvalue weighted by Gasteiger charge is -2.23. The molecule has 2 aromatic heterocycles. The molecule has 5 aromatic carbocycles. The van der Waals surface area contributed by atoms with Crippen LogP contribution in [0.2, 0.25) is 0 Å². The first-order valence-electron chi connectivity index (χ1n) is 12.6. The minimum Gasteiger partial charge on any atom is -0.321 e. The standard InChI is InChI=1S/C33H25N3/c1-21-16-22(2)18-24(17-21)35-20-34(31-12-5-6-13-32(31)35)23-14-15-30-28(19-23)27-10-7-9-26-25-8-3-4-11-29(25)36(30)33(26)27/h3-19H,20H2,1-2H3. The number of hydrogen-bond acceptors (Lipinski definition) is 2. The Labute approximate surface area is 209 Å². The summed E-state index contributed by atoms with van der Waals surface area (Å²) in [6.45, 7) is 5.15. The highest BCUT2D eigenvalue weighted by Gasteiger charge is 2.28. The predicted octanol–water partition coefficient (Wildman–Crippen LogP) is 8.70. The van der Waals surface area contributed by atoms with Gasteiger partial charge in [0.25, 0.3) is 0 Å². The van der Waals surface area contributed by atoms with Crippen LogP contribution in [-0.4, -0.2) is 11.1 Å². The highest BCUT2D eigenvalue weighted by Crippen LogP contribution is 2.46. The monoisotopic (exact) mass is 463 g/mol. The number of nitrogens with zero attached hydrogens (tertiary/aromatic N) is 3. The number of para-hydroxylation sites is 4. The molecule has 0 radical (unpaired) electrons. The lowest BCUT2D eigenvalue weighted by atomic mass is 10.1. The molecule has 0 aliphatic carbocycles. The quantitative estimate of drug-likeness (QED) is 0.254. The molecule has 1 aliphatic heterocycles. The van der Waals surface area contributed by atoms with E-state index in [1.165, 1.54) is 72.0 Å². The molecular formula is C33H25N3. The fraction of sp³-hybridized carbons (Fsp3) is 0.0909. The van der Waals surface area contributed by atoms with Crippen molar-refractivity contribution in [3.05, 3.63) is 114 Å². The molecule has 0 atom stereocenters. The molecular weight excluding hydrogens is 438 g/mol. The molecule has 0 amide bonds. The van der Waals surface area contributed by atoms with Crippen LogP contribution in [0.3, 0.4) is 0 Å². The smallest absolute Gasteiger partial charge is 0.100 e. The van der Waals surface area contributed by atoms with Gasteiger partial charge in [0.05, 0.1) is 27.9 Å². The first-order valence-corrected chi connectivity index (χ1v) is 12.6. The summed E-state index contributed by atoms with van der Waals surface area (Å²) in [5.41, 5.74) is 11.4. The third-order valence-electron chi connectivity index (χ3n) is 7.78. The lowest BCUT2D eigenvalue weighted by Crippen LogP contribution is -2.24. The summed E-state index contributed by atoms with van der Waals surface area (Å²) >= 11 is 0. The second kappa shape index (κ2) is 7.02. The number of anilines is 4. The average Bonchev–Trinajstić information content (AvgIpc) is 3.55. The molecule has 3 heteroatoms. The summed E-state index contributed by atoms with van der Waals surface area (Å²) in [6.07, 6.45) is 0. The van der Waals surface area contributed by atoms with Crippen LogP contribution in [0, 0.1) is 13.8 Å². The number of fused-ring (bicyclic) bond motifs is 7. The van der Waals surface area contributed by atoms with E-state index in [0.29, 0.717) is 0 Å². The van der Waals surface area contributed by atoms with Gasteiger partial charge >= 0.3 is 0 Å². The van der Waals surface area contributed by atoms with Crippen molar-refractivity contribution in [1.82, 2.24) is 4.40 Å². The highest BCUT2D eigenvalue weighted by molar-refractivity contribution is 6.23. The van der Waals surface area contributed by atoms with Crippen molar-refractivity contribution < 1.29 is 0 Å². The van der Waals surface area contributed by atoms with Crippen molar-refractivity contribution in [3.63, 3.8) is 0 Å². The molecule has 0 saturated carbocycles. The second-order valence-electron chi connectivity index (χ2n) is 10.1. The Balaban J connectivity index is 1.33. The normalized spacial score (nSPS) is 13.6. The Kier molecular flexibility index (Phi) is 3.85. The van der Waals surface area contributed by atoms with Crippen LogP contribution in [0.5, 0.6) is 0 Å². The van der Waals surface area contributed by atoms with Gasteiger partial charge in [-0.05, 0) is 73.5 Å². The molecule has 3 nitrogen and oxygen atoms in total. The summed E-state index contributed by atoms with van der Waals surface area (Å²) in [5.74, 6) is 0. The minimum absolute atomic E-state index is 0.792. The summed E-state index contributed by atoms with van der Waals surface area (Å²) in [7, 11) is 0. The van der Waals surface area contributed by atoms with E-state index in [4.69, 9.17) is 0 Å². The zero-order valence-electron chi connectivity index (χ0n) is 20.4. The van der Waals surface area contributed by atoms with Crippen molar-refractivity contribution in [2.75, 3.05) is 16.5 Å². The minimum atomic E-state index is 0.792. The van der Waals surface area contributed by atoms with Gasteiger partial charge in [0.15, 0.2) is 0 Å². The third-order valence-corrected chi connectivity index (χ3v) is 7.78. The topological polar surface area (TPSA) is 10.9 Å². The molecule has 172 valence electrons. The van der Waals surface area contributed by atoms with Gasteiger partial charge in [-0.2, -0.15) is 0 Å². The zero-order chi connectivity index (χ0) is 24.0. The maximum atomic E-state index is 2.44. The average molecular weight is 464 g/mol. The molecule has 3 heterocycles. The molecule has 0 saturated heterocycles. The Hall–Kier alpha value is -4.50. The first kappa shape index (κ1) is 19.8. The van der Waals surface area contributed by atoms with E-state index in [0.717, 1.165) is 6.67 Å². The highest BCUT2D eigenvalue weighted by atomic mass is 15.4. The van der Waals surface area contributed by atoms with Crippen LogP contribution in [0.1, 0.15) is 11.1 Å². The Bertz CT molecular complexity index is 1940. The Morgan fingerprint density at radius 2 is 1.11 bits per heavy atom. The van der Waals surface area contributed by atoms with E-state index in [9.17, 15) is 0 Å². The SMILES string of the molecule is Cc1cc(C)cc(N2CN(c3ccc4c(c3)c3cccc5c6ccccc6n4c53)c3ccccc32)c1. The van der Waals surface area contributed by atoms with Crippen LogP contribution >= 0.6 is 0 Å². The summed E-state index contributed by atoms with van der Waals surface area (Å²) < 4.78 is 2.44. The summed E-state index contributed by atoms with van der Waals surface area (Å²) in [6, 6.07) is 38.0. The van der Waals surface area contributed by atoms with Gasteiger partial charge < -0.3 is 14.2 Å². The third kappa shape index (κ3) is 2.57. The zero-order valence-corrected chi connectivity index (χ0v) is 20.4. The maximum Gasteiger partial charge on any atom is 0.100 e. The fourth-order valence-electron chi connectivity index (χ4n) is 6.35. The summed E-state index contributed by atoms with van der Waals surface area (Å²) in [4.78, 5) is 4.87. The molecule has 36 heavy (non-hydrogen) atoms. The van der Waals surface area contributed by atoms with Crippen molar-refractivity contribution in [1.29, 1.82) is 0 Å². The maximum absolute atomic E-state index is 2.44. The van der Waals surface area contributed by atoms with Crippen molar-refractivity contribution in [3.8, 4) is 0 Å². The van der Waals surface area contributed by atoms with Crippen LogP contribution in [0.15, 0.2) is 103 Å². The van der Waals surface area contributed by atoms with Crippen LogP contribution in [0.25, 0.3) is 38.1 Å². The number of hydrogen-bond donors (Lipinski definition) is 0. The first-order chi connectivity index (χ1) is 17.7. The van der Waals surface area contributed by atoms with Gasteiger partial charge in [-0.25, -0.2) is 0 Å². The molecule has 0 bridgehead atoms. The fourth-order valence-corrected chi connectivity index (χ4v) is 6.35. The van der Waals surface area contributed by atoms with Crippen molar-refractivity contribution >= 4 is 60.8 Å².